The summed E-state index contributed by atoms with van der Waals surface area (Å²) < 4.78 is 10.00. The van der Waals surface area contributed by atoms with Crippen LogP contribution in [0, 0.1) is 0 Å². The zero-order valence-corrected chi connectivity index (χ0v) is 13.6. The van der Waals surface area contributed by atoms with E-state index in [1.807, 2.05) is 0 Å². The Morgan fingerprint density at radius 3 is 2.27 bits per heavy atom. The minimum Gasteiger partial charge on any atom is -0.447 e. The number of hydrogen-bond donors (Lipinski definition) is 0. The van der Waals surface area contributed by atoms with Gasteiger partial charge < -0.3 is 9.47 Å². The van der Waals surface area contributed by atoms with Crippen LogP contribution in [0.4, 0.5) is 9.59 Å². The lowest BCUT2D eigenvalue weighted by atomic mass is 9.98. The molecule has 0 aromatic heterocycles. The molecule has 0 aliphatic heterocycles. The quantitative estimate of drug-likeness (QED) is 0.444. The average Bonchev–Trinajstić information content (AvgIpc) is 2.53. The molecule has 1 aliphatic carbocycles. The summed E-state index contributed by atoms with van der Waals surface area (Å²) in [6, 6.07) is 0. The van der Waals surface area contributed by atoms with E-state index >= 15 is 0 Å². The molecule has 0 aromatic carbocycles. The fraction of sp³-hybridized carbons (Fsp3) is 0.875. The van der Waals surface area contributed by atoms with Crippen molar-refractivity contribution in [3.05, 3.63) is 0 Å². The minimum absolute atomic E-state index is 0.0839. The number of unbranched alkanes of at least 4 members (excludes halogenated alkanes) is 5. The largest absolute Gasteiger partial charge is 0.452 e. The van der Waals surface area contributed by atoms with Gasteiger partial charge in [-0.2, -0.15) is 0 Å². The Hall–Kier alpha value is -1.46. The molecule has 0 radical (unpaired) electrons. The van der Waals surface area contributed by atoms with Crippen LogP contribution in [0.2, 0.25) is 0 Å². The van der Waals surface area contributed by atoms with E-state index in [4.69, 9.17) is 9.47 Å². The van der Waals surface area contributed by atoms with Gasteiger partial charge in [-0.3, -0.25) is 0 Å². The zero-order valence-electron chi connectivity index (χ0n) is 13.6. The molecular weight excluding hydrogens is 284 g/mol. The van der Waals surface area contributed by atoms with Gasteiger partial charge in [0.1, 0.15) is 6.10 Å². The number of azo groups is 1. The van der Waals surface area contributed by atoms with E-state index in [1.54, 1.807) is 0 Å². The molecule has 0 aromatic rings. The Kier molecular flexibility index (Phi) is 10.2. The van der Waals surface area contributed by atoms with E-state index < -0.39 is 12.2 Å². The van der Waals surface area contributed by atoms with Crippen LogP contribution in [0.3, 0.4) is 0 Å². The normalized spacial score (nSPS) is 15.9. The highest BCUT2D eigenvalue weighted by Gasteiger charge is 2.17. The predicted octanol–water partition coefficient (Wildman–Crippen LogP) is 5.41. The molecule has 6 nitrogen and oxygen atoms in total. The zero-order chi connectivity index (χ0) is 16.0. The summed E-state index contributed by atoms with van der Waals surface area (Å²) in [5.74, 6) is 0. The van der Waals surface area contributed by atoms with Crippen LogP contribution in [-0.2, 0) is 9.47 Å². The summed E-state index contributed by atoms with van der Waals surface area (Å²) in [6.45, 7) is 2.49. The Labute approximate surface area is 132 Å². The maximum Gasteiger partial charge on any atom is 0.452 e. The molecular formula is C16H28N2O4. The number of amides is 2. The summed E-state index contributed by atoms with van der Waals surface area (Å²) in [7, 11) is 0. The van der Waals surface area contributed by atoms with Crippen LogP contribution in [0.15, 0.2) is 10.2 Å². The number of ether oxygens (including phenoxy) is 2. The second-order valence-corrected chi connectivity index (χ2v) is 5.73. The molecule has 1 rings (SSSR count). The van der Waals surface area contributed by atoms with E-state index in [-0.39, 0.29) is 6.10 Å². The van der Waals surface area contributed by atoms with Gasteiger partial charge in [0.15, 0.2) is 0 Å². The summed E-state index contributed by atoms with van der Waals surface area (Å²) >= 11 is 0. The highest BCUT2D eigenvalue weighted by Crippen LogP contribution is 2.20. The average molecular weight is 312 g/mol. The van der Waals surface area contributed by atoms with Crippen molar-refractivity contribution in [1.82, 2.24) is 0 Å². The van der Waals surface area contributed by atoms with Gasteiger partial charge in [0, 0.05) is 0 Å². The van der Waals surface area contributed by atoms with Gasteiger partial charge in [0.25, 0.3) is 0 Å². The Balaban J connectivity index is 2.04. The molecule has 0 bridgehead atoms. The smallest absolute Gasteiger partial charge is 0.447 e. The van der Waals surface area contributed by atoms with Crippen molar-refractivity contribution in [2.24, 2.45) is 10.2 Å². The molecule has 0 spiro atoms. The highest BCUT2D eigenvalue weighted by atomic mass is 16.6. The number of rotatable bonds is 8. The summed E-state index contributed by atoms with van der Waals surface area (Å²) in [5, 5.41) is 6.47. The van der Waals surface area contributed by atoms with Crippen molar-refractivity contribution >= 4 is 12.2 Å². The highest BCUT2D eigenvalue weighted by molar-refractivity contribution is 5.73. The first kappa shape index (κ1) is 18.6. The number of nitrogens with zero attached hydrogens (tertiary/aromatic N) is 2. The lowest BCUT2D eigenvalue weighted by Crippen LogP contribution is -2.18. The van der Waals surface area contributed by atoms with Crippen molar-refractivity contribution in [3.63, 3.8) is 0 Å². The molecule has 0 atom stereocenters. The third-order valence-electron chi connectivity index (χ3n) is 3.76. The first-order valence-electron chi connectivity index (χ1n) is 8.51. The van der Waals surface area contributed by atoms with Crippen molar-refractivity contribution in [2.45, 2.75) is 83.7 Å². The van der Waals surface area contributed by atoms with Gasteiger partial charge in [0.2, 0.25) is 0 Å². The summed E-state index contributed by atoms with van der Waals surface area (Å²) in [5.41, 5.74) is 0. The minimum atomic E-state index is -0.825. The SMILES string of the molecule is CCCCCCCCOC(=O)/N=N/C(=O)OC1CCCCC1. The van der Waals surface area contributed by atoms with Crippen LogP contribution < -0.4 is 0 Å². The van der Waals surface area contributed by atoms with Crippen LogP contribution >= 0.6 is 0 Å². The third kappa shape index (κ3) is 9.47. The monoisotopic (exact) mass is 312 g/mol. The maximum atomic E-state index is 11.4. The van der Waals surface area contributed by atoms with Gasteiger partial charge in [-0.1, -0.05) is 55.7 Å². The number of hydrogen-bond acceptors (Lipinski definition) is 4. The fourth-order valence-electron chi connectivity index (χ4n) is 2.50. The van der Waals surface area contributed by atoms with Crippen molar-refractivity contribution in [1.29, 1.82) is 0 Å². The van der Waals surface area contributed by atoms with E-state index in [0.29, 0.717) is 6.61 Å². The molecule has 22 heavy (non-hydrogen) atoms. The van der Waals surface area contributed by atoms with Crippen molar-refractivity contribution in [2.75, 3.05) is 6.61 Å². The van der Waals surface area contributed by atoms with Gasteiger partial charge in [-0.15, -0.1) is 0 Å². The van der Waals surface area contributed by atoms with Gasteiger partial charge in [0.05, 0.1) is 6.61 Å². The first-order chi connectivity index (χ1) is 10.7. The van der Waals surface area contributed by atoms with E-state index in [2.05, 4.69) is 17.2 Å². The third-order valence-corrected chi connectivity index (χ3v) is 3.76. The molecule has 126 valence electrons. The van der Waals surface area contributed by atoms with Crippen molar-refractivity contribution in [3.8, 4) is 0 Å². The number of carbonyl (C=O) groups excluding carboxylic acids is 2. The first-order valence-corrected chi connectivity index (χ1v) is 8.51. The van der Waals surface area contributed by atoms with E-state index in [9.17, 15) is 9.59 Å². The Morgan fingerprint density at radius 2 is 1.55 bits per heavy atom. The van der Waals surface area contributed by atoms with Crippen LogP contribution in [0.25, 0.3) is 0 Å². The van der Waals surface area contributed by atoms with Crippen LogP contribution in [0.1, 0.15) is 77.6 Å². The van der Waals surface area contributed by atoms with Gasteiger partial charge >= 0.3 is 12.2 Å². The molecule has 1 saturated carbocycles. The molecule has 1 aliphatic rings. The molecule has 1 fully saturated rings. The molecule has 2 amide bonds. The number of carbonyl (C=O) groups is 2. The lowest BCUT2D eigenvalue weighted by Gasteiger charge is -2.20. The van der Waals surface area contributed by atoms with E-state index in [0.717, 1.165) is 44.9 Å². The second kappa shape index (κ2) is 12.1. The van der Waals surface area contributed by atoms with Gasteiger partial charge in [-0.25, -0.2) is 9.59 Å². The topological polar surface area (TPSA) is 77.3 Å². The maximum absolute atomic E-state index is 11.4. The predicted molar refractivity (Wildman–Crippen MR) is 82.9 cm³/mol. The Morgan fingerprint density at radius 1 is 0.909 bits per heavy atom. The lowest BCUT2D eigenvalue weighted by molar-refractivity contribution is 0.0812. The van der Waals surface area contributed by atoms with E-state index in [1.165, 1.54) is 25.7 Å². The van der Waals surface area contributed by atoms with Crippen LogP contribution in [0.5, 0.6) is 0 Å². The van der Waals surface area contributed by atoms with Gasteiger partial charge in [-0.05, 0) is 32.1 Å². The molecule has 0 N–H and O–H groups in total. The van der Waals surface area contributed by atoms with Crippen LogP contribution in [-0.4, -0.2) is 24.9 Å². The molecule has 0 unspecified atom stereocenters. The fourth-order valence-corrected chi connectivity index (χ4v) is 2.50. The standard InChI is InChI=1S/C16H28N2O4/c1-2-3-4-5-6-10-13-21-15(19)17-18-16(20)22-14-11-8-7-9-12-14/h14H,2-13H2,1H3/b18-17+. The molecule has 0 saturated heterocycles. The summed E-state index contributed by atoms with van der Waals surface area (Å²) in [4.78, 5) is 22.7. The Bertz CT molecular complexity index is 352. The molecule has 0 heterocycles. The van der Waals surface area contributed by atoms with Crippen molar-refractivity contribution < 1.29 is 19.1 Å². The summed E-state index contributed by atoms with van der Waals surface area (Å²) in [6.07, 6.45) is 10.0. The second-order valence-electron chi connectivity index (χ2n) is 5.73. The molecule has 6 heteroatoms.